The highest BCUT2D eigenvalue weighted by Crippen LogP contribution is 2.31. The van der Waals surface area contributed by atoms with Crippen LogP contribution in [0.5, 0.6) is 0 Å². The number of nitrogens with one attached hydrogen (secondary N) is 1. The smallest absolute Gasteiger partial charge is 0.270 e. The Balaban J connectivity index is 1.11. The number of rotatable bonds is 8. The normalized spacial score (nSPS) is 17.4. The van der Waals surface area contributed by atoms with Crippen LogP contribution in [-0.4, -0.2) is 76.0 Å². The van der Waals surface area contributed by atoms with Gasteiger partial charge in [0, 0.05) is 69.2 Å². The first-order valence-corrected chi connectivity index (χ1v) is 14.9. The number of benzene rings is 2. The minimum Gasteiger partial charge on any atom is -0.513 e. The summed E-state index contributed by atoms with van der Waals surface area (Å²) < 4.78 is 13.2. The summed E-state index contributed by atoms with van der Waals surface area (Å²) in [6, 6.07) is 20.1. The van der Waals surface area contributed by atoms with Crippen molar-refractivity contribution in [3.63, 3.8) is 0 Å². The van der Waals surface area contributed by atoms with Crippen molar-refractivity contribution in [1.29, 1.82) is 5.26 Å². The van der Waals surface area contributed by atoms with Gasteiger partial charge in [0.15, 0.2) is 0 Å². The molecule has 9 heteroatoms. The van der Waals surface area contributed by atoms with Crippen LogP contribution in [-0.2, 0) is 12.1 Å². The first-order chi connectivity index (χ1) is 20.8. The van der Waals surface area contributed by atoms with Gasteiger partial charge in [0.2, 0.25) is 0 Å². The predicted molar refractivity (Wildman–Crippen MR) is 164 cm³/mol. The number of aromatic nitrogens is 1. The van der Waals surface area contributed by atoms with E-state index >= 15 is 0 Å². The molecule has 2 aliphatic rings. The molecule has 5 rings (SSSR count). The van der Waals surface area contributed by atoms with E-state index in [1.807, 2.05) is 42.5 Å². The third kappa shape index (κ3) is 7.22. The molecule has 224 valence electrons. The van der Waals surface area contributed by atoms with Crippen molar-refractivity contribution in [2.45, 2.75) is 44.8 Å². The Bertz CT molecular complexity index is 1450. The van der Waals surface area contributed by atoms with Crippen LogP contribution < -0.4 is 5.32 Å². The highest BCUT2D eigenvalue weighted by atomic mass is 19.1. The number of hydrogen-bond donors (Lipinski definition) is 2. The number of aliphatic hydroxyl groups is 1. The van der Waals surface area contributed by atoms with Crippen LogP contribution in [0, 0.1) is 17.1 Å². The first kappa shape index (κ1) is 30.2. The fourth-order valence-corrected chi connectivity index (χ4v) is 5.99. The number of hydrogen-bond acceptors (Lipinski definition) is 7. The average Bonchev–Trinajstić information content (AvgIpc) is 3.04. The molecule has 0 radical (unpaired) electrons. The van der Waals surface area contributed by atoms with Crippen molar-refractivity contribution in [2.24, 2.45) is 0 Å². The Hall–Kier alpha value is -4.26. The van der Waals surface area contributed by atoms with E-state index < -0.39 is 0 Å². The first-order valence-electron chi connectivity index (χ1n) is 14.9. The zero-order valence-electron chi connectivity index (χ0n) is 24.8. The molecule has 2 saturated heterocycles. The lowest BCUT2D eigenvalue weighted by molar-refractivity contribution is 0.0734. The highest BCUT2D eigenvalue weighted by Gasteiger charge is 2.32. The Morgan fingerprint density at radius 2 is 1.70 bits per heavy atom. The number of piperazine rings is 1. The number of halogens is 1. The van der Waals surface area contributed by atoms with Crippen molar-refractivity contribution in [2.75, 3.05) is 39.3 Å². The van der Waals surface area contributed by atoms with Crippen molar-refractivity contribution >= 4 is 11.6 Å². The predicted octanol–water partition coefficient (Wildman–Crippen LogP) is 4.90. The number of likely N-dealkylation sites (tertiary alicyclic amines) is 1. The van der Waals surface area contributed by atoms with Crippen LogP contribution in [0.25, 0.3) is 5.70 Å². The summed E-state index contributed by atoms with van der Waals surface area (Å²) >= 11 is 0. The molecular formula is C34H39FN6O2. The van der Waals surface area contributed by atoms with Crippen LogP contribution in [0.4, 0.5) is 4.39 Å². The maximum atomic E-state index is 13.2. The number of amides is 1. The maximum Gasteiger partial charge on any atom is 0.270 e. The molecule has 1 aromatic heterocycles. The summed E-state index contributed by atoms with van der Waals surface area (Å²) in [7, 11) is 0. The molecule has 2 aromatic carbocycles. The van der Waals surface area contributed by atoms with Crippen LogP contribution in [0.3, 0.4) is 0 Å². The van der Waals surface area contributed by atoms with E-state index in [1.165, 1.54) is 17.7 Å². The second-order valence-electron chi connectivity index (χ2n) is 11.8. The van der Waals surface area contributed by atoms with Gasteiger partial charge in [-0.25, -0.2) is 4.39 Å². The molecular weight excluding hydrogens is 543 g/mol. The lowest BCUT2D eigenvalue weighted by Gasteiger charge is -2.43. The number of pyridine rings is 1. The minimum absolute atomic E-state index is 0.0705. The molecule has 0 atom stereocenters. The number of aliphatic hydroxyl groups excluding tert-OH is 1. The fraction of sp³-hybridized carbons (Fsp3) is 0.382. The largest absolute Gasteiger partial charge is 0.513 e. The summed E-state index contributed by atoms with van der Waals surface area (Å²) in [5.41, 5.74) is 4.51. The Morgan fingerprint density at radius 3 is 2.28 bits per heavy atom. The van der Waals surface area contributed by atoms with E-state index in [0.29, 0.717) is 17.0 Å². The standard InChI is InChI=1S/C34H39FN6O2/c1-34(2,28-8-3-25(21-36)4-9-28)41-15-13-30(14-16-41)38-33(43)31-12-7-27(22-37-31)32(24-42)40-19-17-39(18-20-40)23-26-5-10-29(35)11-6-26/h3-12,22,24,30,42H,13-20,23H2,1-2H3,(H,38,43)/b32-24+. The second-order valence-corrected chi connectivity index (χ2v) is 11.8. The molecule has 2 aliphatic heterocycles. The molecule has 2 fully saturated rings. The Labute approximate surface area is 253 Å². The van der Waals surface area contributed by atoms with Gasteiger partial charge in [0.25, 0.3) is 5.91 Å². The van der Waals surface area contributed by atoms with Gasteiger partial charge in [-0.3, -0.25) is 19.6 Å². The van der Waals surface area contributed by atoms with Crippen molar-refractivity contribution in [3.05, 3.63) is 107 Å². The zero-order valence-corrected chi connectivity index (χ0v) is 24.8. The summed E-state index contributed by atoms with van der Waals surface area (Å²) in [6.45, 7) is 9.94. The molecule has 8 nitrogen and oxygen atoms in total. The Morgan fingerprint density at radius 1 is 1.02 bits per heavy atom. The van der Waals surface area contributed by atoms with Gasteiger partial charge in [-0.1, -0.05) is 24.3 Å². The van der Waals surface area contributed by atoms with E-state index in [4.69, 9.17) is 5.26 Å². The number of carbonyl (C=O) groups is 1. The minimum atomic E-state index is -0.231. The molecule has 3 aromatic rings. The maximum absolute atomic E-state index is 13.2. The summed E-state index contributed by atoms with van der Waals surface area (Å²) in [6.07, 6.45) is 4.44. The third-order valence-corrected chi connectivity index (χ3v) is 8.79. The van der Waals surface area contributed by atoms with Gasteiger partial charge < -0.3 is 15.3 Å². The lowest BCUT2D eigenvalue weighted by Crippen LogP contribution is -2.50. The average molecular weight is 583 g/mol. The Kier molecular flexibility index (Phi) is 9.39. The van der Waals surface area contributed by atoms with Gasteiger partial charge in [-0.15, -0.1) is 0 Å². The number of nitrogens with zero attached hydrogens (tertiary/aromatic N) is 5. The van der Waals surface area contributed by atoms with Crippen LogP contribution in [0.1, 0.15) is 59.4 Å². The number of piperidine rings is 1. The van der Waals surface area contributed by atoms with Gasteiger partial charge in [0.1, 0.15) is 17.8 Å². The van der Waals surface area contributed by atoms with E-state index in [2.05, 4.69) is 44.9 Å². The molecule has 0 spiro atoms. The second kappa shape index (κ2) is 13.4. The fourth-order valence-electron chi connectivity index (χ4n) is 5.99. The summed E-state index contributed by atoms with van der Waals surface area (Å²) in [5, 5.41) is 22.3. The molecule has 0 bridgehead atoms. The van der Waals surface area contributed by atoms with Crippen molar-refractivity contribution in [3.8, 4) is 6.07 Å². The molecule has 2 N–H and O–H groups in total. The van der Waals surface area contributed by atoms with Crippen molar-refractivity contribution < 1.29 is 14.3 Å². The van der Waals surface area contributed by atoms with Crippen LogP contribution in [0.2, 0.25) is 0 Å². The molecule has 1 amide bonds. The SMILES string of the molecule is CC(C)(c1ccc(C#N)cc1)N1CCC(NC(=O)c2ccc(/C(=C\O)N3CCN(Cc4ccc(F)cc4)CC3)cn2)CC1. The monoisotopic (exact) mass is 582 g/mol. The van der Waals surface area contributed by atoms with E-state index in [9.17, 15) is 14.3 Å². The number of carbonyl (C=O) groups excluding carboxylic acids is 1. The van der Waals surface area contributed by atoms with Crippen LogP contribution in [0.15, 0.2) is 73.1 Å². The molecule has 0 aliphatic carbocycles. The molecule has 3 heterocycles. The van der Waals surface area contributed by atoms with Gasteiger partial charge in [0.05, 0.1) is 17.3 Å². The lowest BCUT2D eigenvalue weighted by atomic mass is 9.89. The van der Waals surface area contributed by atoms with Gasteiger partial charge in [-0.05, 0) is 74.2 Å². The van der Waals surface area contributed by atoms with E-state index in [-0.39, 0.29) is 23.3 Å². The van der Waals surface area contributed by atoms with Gasteiger partial charge >= 0.3 is 0 Å². The summed E-state index contributed by atoms with van der Waals surface area (Å²) in [4.78, 5) is 24.3. The van der Waals surface area contributed by atoms with E-state index in [1.54, 1.807) is 12.3 Å². The zero-order chi connectivity index (χ0) is 30.4. The topological polar surface area (TPSA) is 95.7 Å². The summed E-state index contributed by atoms with van der Waals surface area (Å²) in [5.74, 6) is -0.425. The number of nitriles is 1. The van der Waals surface area contributed by atoms with E-state index in [0.717, 1.165) is 76.0 Å². The van der Waals surface area contributed by atoms with Crippen molar-refractivity contribution in [1.82, 2.24) is 25.0 Å². The molecule has 0 unspecified atom stereocenters. The molecule has 43 heavy (non-hydrogen) atoms. The third-order valence-electron chi connectivity index (χ3n) is 8.79. The highest BCUT2D eigenvalue weighted by molar-refractivity contribution is 5.92. The molecule has 0 saturated carbocycles. The van der Waals surface area contributed by atoms with Gasteiger partial charge in [-0.2, -0.15) is 5.26 Å². The quantitative estimate of drug-likeness (QED) is 0.365. The van der Waals surface area contributed by atoms with Crippen LogP contribution >= 0.6 is 0 Å².